The number of imidazole rings is 1. The predicted octanol–water partition coefficient (Wildman–Crippen LogP) is 3.31. The molecule has 0 spiro atoms. The van der Waals surface area contributed by atoms with E-state index in [1.54, 1.807) is 6.07 Å². The summed E-state index contributed by atoms with van der Waals surface area (Å²) in [5, 5.41) is 2.91. The van der Waals surface area contributed by atoms with Crippen LogP contribution in [0.4, 0.5) is 5.69 Å². The first kappa shape index (κ1) is 18.4. The molecule has 0 fully saturated rings. The normalized spacial score (nSPS) is 10.8. The predicted molar refractivity (Wildman–Crippen MR) is 111 cm³/mol. The van der Waals surface area contributed by atoms with Crippen molar-refractivity contribution >= 4 is 23.1 Å². The Morgan fingerprint density at radius 1 is 1.07 bits per heavy atom. The van der Waals surface area contributed by atoms with Gasteiger partial charge in [-0.05, 0) is 30.2 Å². The molecule has 2 aromatic heterocycles. The molecule has 2 aromatic carbocycles. The lowest BCUT2D eigenvalue weighted by atomic mass is 10.1. The fourth-order valence-electron chi connectivity index (χ4n) is 3.14. The van der Waals surface area contributed by atoms with Gasteiger partial charge in [-0.1, -0.05) is 49.4 Å². The van der Waals surface area contributed by atoms with Crippen LogP contribution >= 0.6 is 0 Å². The number of carbonyl (C=O) groups excluding carboxylic acids is 2. The Kier molecular flexibility index (Phi) is 4.78. The van der Waals surface area contributed by atoms with E-state index in [2.05, 4.69) is 22.2 Å². The number of carbonyl (C=O) groups is 2. The van der Waals surface area contributed by atoms with Gasteiger partial charge in [0.15, 0.2) is 11.3 Å². The van der Waals surface area contributed by atoms with E-state index in [9.17, 15) is 9.59 Å². The Bertz CT molecular complexity index is 1210. The molecule has 0 aliphatic heterocycles. The van der Waals surface area contributed by atoms with Gasteiger partial charge < -0.3 is 11.1 Å². The molecule has 144 valence electrons. The number of aryl methyl sites for hydroxylation is 1. The molecule has 0 atom stereocenters. The fraction of sp³-hybridized carbons (Fsp3) is 0.0909. The maximum atomic E-state index is 13.1. The first-order valence-corrected chi connectivity index (χ1v) is 9.20. The van der Waals surface area contributed by atoms with Crippen molar-refractivity contribution in [1.29, 1.82) is 0 Å². The number of fused-ring (bicyclic) bond motifs is 1. The highest BCUT2D eigenvalue weighted by Crippen LogP contribution is 2.22. The molecule has 29 heavy (non-hydrogen) atoms. The number of amides is 2. The van der Waals surface area contributed by atoms with Gasteiger partial charge in [-0.3, -0.25) is 14.0 Å². The van der Waals surface area contributed by atoms with Crippen molar-refractivity contribution in [2.75, 3.05) is 5.32 Å². The third kappa shape index (κ3) is 3.58. The van der Waals surface area contributed by atoms with Crippen LogP contribution in [0.25, 0.3) is 16.9 Å². The molecule has 0 aliphatic rings. The van der Waals surface area contributed by atoms with Crippen LogP contribution in [0.3, 0.4) is 0 Å². The number of benzene rings is 2. The van der Waals surface area contributed by atoms with E-state index in [0.29, 0.717) is 17.1 Å². The lowest BCUT2D eigenvalue weighted by Crippen LogP contribution is -2.17. The van der Waals surface area contributed by atoms with Crippen LogP contribution in [0.1, 0.15) is 33.5 Å². The summed E-state index contributed by atoms with van der Waals surface area (Å²) < 4.78 is 1.48. The molecule has 3 N–H and O–H groups in total. The Morgan fingerprint density at radius 3 is 2.59 bits per heavy atom. The Balaban J connectivity index is 1.83. The molecule has 0 radical (unpaired) electrons. The second-order valence-corrected chi connectivity index (χ2v) is 6.55. The summed E-state index contributed by atoms with van der Waals surface area (Å²) >= 11 is 0. The highest BCUT2D eigenvalue weighted by atomic mass is 16.2. The molecule has 7 nitrogen and oxygen atoms in total. The highest BCUT2D eigenvalue weighted by molar-refractivity contribution is 6.05. The number of hydrogen-bond donors (Lipinski definition) is 2. The van der Waals surface area contributed by atoms with Gasteiger partial charge in [-0.2, -0.15) is 0 Å². The number of anilines is 1. The van der Waals surface area contributed by atoms with Crippen molar-refractivity contribution in [2.24, 2.45) is 5.73 Å². The van der Waals surface area contributed by atoms with Crippen LogP contribution in [-0.4, -0.2) is 26.2 Å². The van der Waals surface area contributed by atoms with Gasteiger partial charge in [0.1, 0.15) is 12.0 Å². The minimum Gasteiger partial charge on any atom is -0.364 e. The number of aromatic nitrogens is 3. The van der Waals surface area contributed by atoms with Crippen molar-refractivity contribution in [3.63, 3.8) is 0 Å². The standard InChI is InChI=1S/C22H19N5O2/c1-2-14-7-6-10-16(11-14)25-22(29)18-12-17(15-8-4-3-5-9-15)26-21-19(20(23)28)24-13-27(18)21/h3-13H,2H2,1H3,(H2,23,28)(H,25,29). The number of nitrogens with zero attached hydrogens (tertiary/aromatic N) is 3. The van der Waals surface area contributed by atoms with E-state index >= 15 is 0 Å². The Labute approximate surface area is 167 Å². The van der Waals surface area contributed by atoms with Crippen LogP contribution in [0, 0.1) is 0 Å². The molecule has 4 rings (SSSR count). The van der Waals surface area contributed by atoms with E-state index in [0.717, 1.165) is 17.5 Å². The van der Waals surface area contributed by atoms with E-state index in [-0.39, 0.29) is 17.2 Å². The topological polar surface area (TPSA) is 102 Å². The van der Waals surface area contributed by atoms with Crippen LogP contribution < -0.4 is 11.1 Å². The molecule has 0 saturated carbocycles. The average molecular weight is 385 g/mol. The van der Waals surface area contributed by atoms with Crippen LogP contribution in [-0.2, 0) is 6.42 Å². The monoisotopic (exact) mass is 385 g/mol. The minimum atomic E-state index is -0.702. The maximum Gasteiger partial charge on any atom is 0.272 e. The number of nitrogens with two attached hydrogens (primary N) is 1. The van der Waals surface area contributed by atoms with Crippen LogP contribution in [0.5, 0.6) is 0 Å². The Morgan fingerprint density at radius 2 is 1.86 bits per heavy atom. The first-order valence-electron chi connectivity index (χ1n) is 9.20. The van der Waals surface area contributed by atoms with E-state index in [1.165, 1.54) is 10.7 Å². The molecule has 0 saturated heterocycles. The number of rotatable bonds is 5. The smallest absolute Gasteiger partial charge is 0.272 e. The summed E-state index contributed by atoms with van der Waals surface area (Å²) in [4.78, 5) is 33.4. The third-order valence-electron chi connectivity index (χ3n) is 4.63. The molecule has 0 aliphatic carbocycles. The molecule has 2 amide bonds. The maximum absolute atomic E-state index is 13.1. The number of primary amides is 1. The van der Waals surface area contributed by atoms with Crippen molar-refractivity contribution in [3.05, 3.63) is 83.9 Å². The van der Waals surface area contributed by atoms with Gasteiger partial charge in [0.05, 0.1) is 5.69 Å². The molecular weight excluding hydrogens is 366 g/mol. The average Bonchev–Trinajstić information content (AvgIpc) is 3.18. The molecule has 4 aromatic rings. The molecule has 7 heteroatoms. The van der Waals surface area contributed by atoms with Crippen LogP contribution in [0.2, 0.25) is 0 Å². The summed E-state index contributed by atoms with van der Waals surface area (Å²) in [7, 11) is 0. The zero-order valence-corrected chi connectivity index (χ0v) is 15.8. The van der Waals surface area contributed by atoms with Gasteiger partial charge in [0, 0.05) is 11.3 Å². The lowest BCUT2D eigenvalue weighted by molar-refractivity contribution is 0.0993. The van der Waals surface area contributed by atoms with Crippen molar-refractivity contribution in [1.82, 2.24) is 14.4 Å². The zero-order valence-electron chi connectivity index (χ0n) is 15.8. The quantitative estimate of drug-likeness (QED) is 0.550. The second-order valence-electron chi connectivity index (χ2n) is 6.55. The lowest BCUT2D eigenvalue weighted by Gasteiger charge is -2.11. The fourth-order valence-corrected chi connectivity index (χ4v) is 3.14. The number of nitrogens with one attached hydrogen (secondary N) is 1. The largest absolute Gasteiger partial charge is 0.364 e. The Hall–Kier alpha value is -4.00. The van der Waals surface area contributed by atoms with Gasteiger partial charge >= 0.3 is 0 Å². The molecule has 0 unspecified atom stereocenters. The highest BCUT2D eigenvalue weighted by Gasteiger charge is 2.19. The van der Waals surface area contributed by atoms with Crippen molar-refractivity contribution in [2.45, 2.75) is 13.3 Å². The summed E-state index contributed by atoms with van der Waals surface area (Å²) in [6.07, 6.45) is 2.25. The van der Waals surface area contributed by atoms with E-state index < -0.39 is 5.91 Å². The van der Waals surface area contributed by atoms with Crippen molar-refractivity contribution in [3.8, 4) is 11.3 Å². The minimum absolute atomic E-state index is 0.0183. The number of hydrogen-bond acceptors (Lipinski definition) is 4. The summed E-state index contributed by atoms with van der Waals surface area (Å²) in [5.74, 6) is -1.04. The van der Waals surface area contributed by atoms with Gasteiger partial charge in [0.2, 0.25) is 0 Å². The van der Waals surface area contributed by atoms with Crippen molar-refractivity contribution < 1.29 is 9.59 Å². The summed E-state index contributed by atoms with van der Waals surface area (Å²) in [6.45, 7) is 2.05. The zero-order chi connectivity index (χ0) is 20.4. The second kappa shape index (κ2) is 7.55. The summed E-state index contributed by atoms with van der Waals surface area (Å²) in [5.41, 5.74) is 9.17. The van der Waals surface area contributed by atoms with Gasteiger partial charge in [0.25, 0.3) is 11.8 Å². The van der Waals surface area contributed by atoms with Gasteiger partial charge in [-0.15, -0.1) is 0 Å². The molecular formula is C22H19N5O2. The van der Waals surface area contributed by atoms with E-state index in [4.69, 9.17) is 5.73 Å². The molecule has 2 heterocycles. The van der Waals surface area contributed by atoms with Gasteiger partial charge in [-0.25, -0.2) is 9.97 Å². The molecule has 0 bridgehead atoms. The first-order chi connectivity index (χ1) is 14.1. The van der Waals surface area contributed by atoms with Crippen LogP contribution in [0.15, 0.2) is 67.0 Å². The third-order valence-corrected chi connectivity index (χ3v) is 4.63. The van der Waals surface area contributed by atoms with E-state index in [1.807, 2.05) is 54.6 Å². The summed E-state index contributed by atoms with van der Waals surface area (Å²) in [6, 6.07) is 18.7. The SMILES string of the molecule is CCc1cccc(NC(=O)c2cc(-c3ccccc3)nc3c(C(N)=O)ncn23)c1.